The molecular weight excluding hydrogens is 288 g/mol. The minimum atomic E-state index is -3.51. The molecule has 1 rings (SSSR count). The van der Waals surface area contributed by atoms with Gasteiger partial charge >= 0.3 is 0 Å². The van der Waals surface area contributed by atoms with Gasteiger partial charge in [0.1, 0.15) is 0 Å². The molecule has 8 heteroatoms. The van der Waals surface area contributed by atoms with Crippen LogP contribution in [0.1, 0.15) is 13.3 Å². The lowest BCUT2D eigenvalue weighted by atomic mass is 10.3. The van der Waals surface area contributed by atoms with E-state index in [1.54, 1.807) is 0 Å². The van der Waals surface area contributed by atoms with Crippen molar-refractivity contribution in [3.8, 4) is 0 Å². The summed E-state index contributed by atoms with van der Waals surface area (Å²) >= 11 is 0. The van der Waals surface area contributed by atoms with Crippen LogP contribution >= 0.6 is 0 Å². The van der Waals surface area contributed by atoms with Crippen LogP contribution in [0.5, 0.6) is 0 Å². The molecule has 0 aliphatic carbocycles. The van der Waals surface area contributed by atoms with Crippen molar-refractivity contribution in [1.82, 2.24) is 4.31 Å². The van der Waals surface area contributed by atoms with Crippen LogP contribution in [0.15, 0.2) is 29.2 Å². The van der Waals surface area contributed by atoms with Crippen LogP contribution in [0.25, 0.3) is 0 Å². The summed E-state index contributed by atoms with van der Waals surface area (Å²) in [5.74, 6) is 0. The summed E-state index contributed by atoms with van der Waals surface area (Å²) in [7, 11) is -5.35. The minimum absolute atomic E-state index is 0.141. The van der Waals surface area contributed by atoms with Crippen LogP contribution in [0.3, 0.4) is 0 Å². The Morgan fingerprint density at radius 2 is 1.63 bits per heavy atom. The number of nitrogens with zero attached hydrogens (tertiary/aromatic N) is 1. The SMILES string of the molecule is CCCN(C)S(=O)(=O)c1ccc(NS(C)(=O)=O)cc1. The molecule has 6 nitrogen and oxygen atoms in total. The molecule has 0 saturated carbocycles. The molecule has 19 heavy (non-hydrogen) atoms. The van der Waals surface area contributed by atoms with Gasteiger partial charge in [0.25, 0.3) is 0 Å². The number of benzene rings is 1. The standard InChI is InChI=1S/C11H18N2O4S2/c1-4-9-13(2)19(16,17)11-7-5-10(6-8-11)12-18(3,14)15/h5-8,12H,4,9H2,1-3H3. The molecule has 0 unspecified atom stereocenters. The highest BCUT2D eigenvalue weighted by molar-refractivity contribution is 7.92. The summed E-state index contributed by atoms with van der Waals surface area (Å²) in [5.41, 5.74) is 0.333. The average Bonchev–Trinajstić information content (AvgIpc) is 2.27. The molecule has 1 aromatic rings. The summed E-state index contributed by atoms with van der Waals surface area (Å²) in [5, 5.41) is 0. The summed E-state index contributed by atoms with van der Waals surface area (Å²) in [4.78, 5) is 0.141. The van der Waals surface area contributed by atoms with Crippen LogP contribution < -0.4 is 4.72 Å². The first-order valence-electron chi connectivity index (χ1n) is 5.71. The van der Waals surface area contributed by atoms with Crippen molar-refractivity contribution in [3.05, 3.63) is 24.3 Å². The van der Waals surface area contributed by atoms with Crippen molar-refractivity contribution >= 4 is 25.7 Å². The van der Waals surface area contributed by atoms with E-state index in [9.17, 15) is 16.8 Å². The molecule has 0 atom stereocenters. The van der Waals surface area contributed by atoms with E-state index in [4.69, 9.17) is 0 Å². The Bertz CT molecular complexity index is 621. The highest BCUT2D eigenvalue weighted by Crippen LogP contribution is 2.18. The molecular formula is C11H18N2O4S2. The molecule has 0 saturated heterocycles. The lowest BCUT2D eigenvalue weighted by Crippen LogP contribution is -2.27. The van der Waals surface area contributed by atoms with Gasteiger partial charge < -0.3 is 0 Å². The van der Waals surface area contributed by atoms with Crippen molar-refractivity contribution in [1.29, 1.82) is 0 Å². The van der Waals surface area contributed by atoms with E-state index >= 15 is 0 Å². The van der Waals surface area contributed by atoms with Gasteiger partial charge in [-0.3, -0.25) is 4.72 Å². The van der Waals surface area contributed by atoms with Gasteiger partial charge in [0.15, 0.2) is 0 Å². The van der Waals surface area contributed by atoms with Crippen LogP contribution in [0.4, 0.5) is 5.69 Å². The molecule has 0 spiro atoms. The summed E-state index contributed by atoms with van der Waals surface area (Å²) in [6.45, 7) is 2.33. The third-order valence-corrected chi connectivity index (χ3v) is 4.88. The Labute approximate surface area is 114 Å². The number of anilines is 1. The zero-order valence-electron chi connectivity index (χ0n) is 11.1. The second kappa shape index (κ2) is 5.89. The van der Waals surface area contributed by atoms with Gasteiger partial charge in [-0.25, -0.2) is 21.1 Å². The smallest absolute Gasteiger partial charge is 0.242 e. The predicted molar refractivity (Wildman–Crippen MR) is 75.0 cm³/mol. The Morgan fingerprint density at radius 3 is 2.05 bits per heavy atom. The molecule has 1 aromatic carbocycles. The number of rotatable bonds is 6. The van der Waals surface area contributed by atoms with Crippen molar-refractivity contribution in [2.75, 3.05) is 24.6 Å². The lowest BCUT2D eigenvalue weighted by Gasteiger charge is -2.16. The Kier molecular flexibility index (Phi) is 4.94. The second-order valence-electron chi connectivity index (χ2n) is 4.23. The van der Waals surface area contributed by atoms with Gasteiger partial charge in [0.05, 0.1) is 11.2 Å². The summed E-state index contributed by atoms with van der Waals surface area (Å²) < 4.78 is 49.8. The summed E-state index contributed by atoms with van der Waals surface area (Å²) in [6, 6.07) is 5.62. The zero-order chi connectivity index (χ0) is 14.7. The van der Waals surface area contributed by atoms with Gasteiger partial charge in [0.2, 0.25) is 20.0 Å². The second-order valence-corrected chi connectivity index (χ2v) is 8.02. The fraction of sp³-hybridized carbons (Fsp3) is 0.455. The quantitative estimate of drug-likeness (QED) is 0.852. The maximum Gasteiger partial charge on any atom is 0.242 e. The average molecular weight is 306 g/mol. The minimum Gasteiger partial charge on any atom is -0.284 e. The van der Waals surface area contributed by atoms with E-state index in [-0.39, 0.29) is 4.90 Å². The van der Waals surface area contributed by atoms with Crippen molar-refractivity contribution in [3.63, 3.8) is 0 Å². The van der Waals surface area contributed by atoms with Gasteiger partial charge in [0, 0.05) is 19.3 Å². The maximum atomic E-state index is 12.1. The van der Waals surface area contributed by atoms with Gasteiger partial charge in [-0.05, 0) is 30.7 Å². The molecule has 0 aromatic heterocycles. The van der Waals surface area contributed by atoms with Gasteiger partial charge in [-0.15, -0.1) is 0 Å². The van der Waals surface area contributed by atoms with Crippen molar-refractivity contribution < 1.29 is 16.8 Å². The van der Waals surface area contributed by atoms with Crippen LogP contribution in [0, 0.1) is 0 Å². The predicted octanol–water partition coefficient (Wildman–Crippen LogP) is 1.09. The Morgan fingerprint density at radius 1 is 1.11 bits per heavy atom. The molecule has 0 radical (unpaired) electrons. The Balaban J connectivity index is 2.99. The third-order valence-electron chi connectivity index (χ3n) is 2.40. The van der Waals surface area contributed by atoms with Gasteiger partial charge in [-0.1, -0.05) is 6.92 Å². The molecule has 0 bridgehead atoms. The van der Waals surface area contributed by atoms with E-state index in [1.807, 2.05) is 6.92 Å². The lowest BCUT2D eigenvalue weighted by molar-refractivity contribution is 0.468. The Hall–Kier alpha value is -1.12. The largest absolute Gasteiger partial charge is 0.284 e. The van der Waals surface area contributed by atoms with Gasteiger partial charge in [-0.2, -0.15) is 0 Å². The fourth-order valence-corrected chi connectivity index (χ4v) is 3.35. The molecule has 108 valence electrons. The summed E-state index contributed by atoms with van der Waals surface area (Å²) in [6.07, 6.45) is 1.76. The zero-order valence-corrected chi connectivity index (χ0v) is 12.8. The first kappa shape index (κ1) is 15.9. The molecule has 0 aliphatic heterocycles. The van der Waals surface area contributed by atoms with Crippen LogP contribution in [-0.4, -0.2) is 41.0 Å². The van der Waals surface area contributed by atoms with Crippen LogP contribution in [0.2, 0.25) is 0 Å². The molecule has 0 fully saturated rings. The molecule has 0 amide bonds. The van der Waals surface area contributed by atoms with E-state index < -0.39 is 20.0 Å². The number of nitrogens with one attached hydrogen (secondary N) is 1. The van der Waals surface area contributed by atoms with Crippen LogP contribution in [-0.2, 0) is 20.0 Å². The monoisotopic (exact) mass is 306 g/mol. The van der Waals surface area contributed by atoms with Crippen molar-refractivity contribution in [2.24, 2.45) is 0 Å². The van der Waals surface area contributed by atoms with E-state index in [1.165, 1.54) is 35.6 Å². The van der Waals surface area contributed by atoms with E-state index in [0.717, 1.165) is 12.7 Å². The molecule has 0 heterocycles. The highest BCUT2D eigenvalue weighted by atomic mass is 32.2. The molecule has 0 aliphatic rings. The number of hydrogen-bond acceptors (Lipinski definition) is 4. The van der Waals surface area contributed by atoms with Crippen molar-refractivity contribution in [2.45, 2.75) is 18.2 Å². The maximum absolute atomic E-state index is 12.1. The number of hydrogen-bond donors (Lipinski definition) is 1. The number of sulfonamides is 2. The van der Waals surface area contributed by atoms with E-state index in [2.05, 4.69) is 4.72 Å². The first-order valence-corrected chi connectivity index (χ1v) is 9.04. The highest BCUT2D eigenvalue weighted by Gasteiger charge is 2.19. The first-order chi connectivity index (χ1) is 8.66. The molecule has 1 N–H and O–H groups in total. The fourth-order valence-electron chi connectivity index (χ4n) is 1.52. The normalized spacial score (nSPS) is 12.6. The topological polar surface area (TPSA) is 83.6 Å². The van der Waals surface area contributed by atoms with E-state index in [0.29, 0.717) is 12.2 Å². The third kappa shape index (κ3) is 4.48.